The van der Waals surface area contributed by atoms with Gasteiger partial charge in [-0.15, -0.1) is 0 Å². The third kappa shape index (κ3) is 3.99. The first-order valence-electron chi connectivity index (χ1n) is 10.9. The Morgan fingerprint density at radius 2 is 1.84 bits per heavy atom. The summed E-state index contributed by atoms with van der Waals surface area (Å²) >= 11 is 0. The van der Waals surface area contributed by atoms with Gasteiger partial charge in [0.05, 0.1) is 23.5 Å². The number of aromatic amines is 1. The molecule has 7 nitrogen and oxygen atoms in total. The number of fused-ring (bicyclic) bond motifs is 1. The Morgan fingerprint density at radius 1 is 1.03 bits per heavy atom. The summed E-state index contributed by atoms with van der Waals surface area (Å²) < 4.78 is 2.07. The first-order chi connectivity index (χ1) is 15.6. The zero-order valence-corrected chi connectivity index (χ0v) is 18.4. The van der Waals surface area contributed by atoms with Crippen LogP contribution in [0, 0.1) is 13.8 Å². The third-order valence-electron chi connectivity index (χ3n) is 6.14. The maximum atomic E-state index is 12.8. The molecule has 1 aromatic carbocycles. The van der Waals surface area contributed by atoms with Gasteiger partial charge in [-0.05, 0) is 31.5 Å². The van der Waals surface area contributed by atoms with Crippen LogP contribution in [0.4, 0.5) is 0 Å². The van der Waals surface area contributed by atoms with E-state index < -0.39 is 0 Å². The Bertz CT molecular complexity index is 1290. The second-order valence-corrected chi connectivity index (χ2v) is 8.31. The molecule has 0 spiro atoms. The summed E-state index contributed by atoms with van der Waals surface area (Å²) in [7, 11) is 0. The van der Waals surface area contributed by atoms with Crippen molar-refractivity contribution in [2.75, 3.05) is 6.54 Å². The lowest BCUT2D eigenvalue weighted by Crippen LogP contribution is -2.35. The number of benzene rings is 1. The molecule has 4 aromatic rings. The van der Waals surface area contributed by atoms with Gasteiger partial charge in [-0.25, -0.2) is 4.98 Å². The van der Waals surface area contributed by atoms with Gasteiger partial charge in [-0.3, -0.25) is 19.4 Å². The van der Waals surface area contributed by atoms with E-state index in [1.54, 1.807) is 6.20 Å². The van der Waals surface area contributed by atoms with Crippen LogP contribution in [0.25, 0.3) is 11.5 Å². The van der Waals surface area contributed by atoms with Gasteiger partial charge in [0.15, 0.2) is 5.82 Å². The molecule has 0 unspecified atom stereocenters. The maximum Gasteiger partial charge on any atom is 0.255 e. The number of nitrogens with zero attached hydrogens (tertiary/aromatic N) is 5. The Labute approximate surface area is 186 Å². The predicted octanol–water partition coefficient (Wildman–Crippen LogP) is 3.25. The van der Waals surface area contributed by atoms with Crippen molar-refractivity contribution < 1.29 is 0 Å². The van der Waals surface area contributed by atoms with Gasteiger partial charge in [-0.1, -0.05) is 36.4 Å². The quantitative estimate of drug-likeness (QED) is 0.530. The summed E-state index contributed by atoms with van der Waals surface area (Å²) in [5.41, 5.74) is 6.93. The minimum atomic E-state index is -0.0754. The van der Waals surface area contributed by atoms with Gasteiger partial charge in [0.1, 0.15) is 5.69 Å². The van der Waals surface area contributed by atoms with E-state index in [2.05, 4.69) is 57.7 Å². The largest absolute Gasteiger partial charge is 0.305 e. The number of aryl methyl sites for hydroxylation is 1. The van der Waals surface area contributed by atoms with Crippen LogP contribution in [-0.4, -0.2) is 36.2 Å². The van der Waals surface area contributed by atoms with Crippen molar-refractivity contribution in [2.45, 2.75) is 39.9 Å². The Kier molecular flexibility index (Phi) is 5.41. The van der Waals surface area contributed by atoms with Crippen molar-refractivity contribution in [1.82, 2.24) is 29.6 Å². The van der Waals surface area contributed by atoms with Gasteiger partial charge >= 0.3 is 0 Å². The highest BCUT2D eigenvalue weighted by molar-refractivity contribution is 5.49. The third-order valence-corrected chi connectivity index (χ3v) is 6.14. The molecule has 162 valence electrons. The highest BCUT2D eigenvalue weighted by Gasteiger charge is 2.24. The fourth-order valence-electron chi connectivity index (χ4n) is 4.34. The SMILES string of the molecule is Cc1nn(Cc2ccccc2)c(C)c1CN1CCc2nc(-c3ccccn3)[nH]c(=O)c2C1. The van der Waals surface area contributed by atoms with E-state index >= 15 is 0 Å². The first kappa shape index (κ1) is 20.3. The van der Waals surface area contributed by atoms with E-state index in [4.69, 9.17) is 10.1 Å². The Morgan fingerprint density at radius 3 is 2.62 bits per heavy atom. The number of hydrogen-bond acceptors (Lipinski definition) is 5. The van der Waals surface area contributed by atoms with E-state index in [1.165, 1.54) is 16.8 Å². The van der Waals surface area contributed by atoms with Crippen molar-refractivity contribution in [3.05, 3.63) is 98.9 Å². The zero-order chi connectivity index (χ0) is 22.1. The van der Waals surface area contributed by atoms with Crippen LogP contribution < -0.4 is 5.56 Å². The van der Waals surface area contributed by atoms with Crippen molar-refractivity contribution in [1.29, 1.82) is 0 Å². The average molecular weight is 427 g/mol. The lowest BCUT2D eigenvalue weighted by molar-refractivity contribution is 0.241. The minimum Gasteiger partial charge on any atom is -0.305 e. The minimum absolute atomic E-state index is 0.0754. The number of aromatic nitrogens is 5. The fraction of sp³-hybridized carbons (Fsp3) is 0.280. The monoisotopic (exact) mass is 426 g/mol. The fourth-order valence-corrected chi connectivity index (χ4v) is 4.34. The standard InChI is InChI=1S/C25H26N6O/c1-17-20(18(2)31(29-17)14-19-8-4-3-5-9-19)15-30-13-11-22-21(16-30)25(32)28-24(27-22)23-10-6-7-12-26-23/h3-10,12H,11,13-16H2,1-2H3,(H,27,28,32). The van der Waals surface area contributed by atoms with E-state index in [0.717, 1.165) is 43.0 Å². The molecule has 0 aliphatic carbocycles. The maximum absolute atomic E-state index is 12.8. The van der Waals surface area contributed by atoms with E-state index in [1.807, 2.05) is 24.3 Å². The van der Waals surface area contributed by atoms with Gasteiger partial charge in [0.25, 0.3) is 5.56 Å². The summed E-state index contributed by atoms with van der Waals surface area (Å²) in [6, 6.07) is 16.0. The molecular weight excluding hydrogens is 400 g/mol. The topological polar surface area (TPSA) is 79.7 Å². The molecule has 0 fully saturated rings. The van der Waals surface area contributed by atoms with Crippen molar-refractivity contribution >= 4 is 0 Å². The van der Waals surface area contributed by atoms with Gasteiger partial charge in [0, 0.05) is 43.5 Å². The summed E-state index contributed by atoms with van der Waals surface area (Å²) in [5, 5.41) is 4.78. The van der Waals surface area contributed by atoms with Crippen LogP contribution in [0.2, 0.25) is 0 Å². The molecule has 0 atom stereocenters. The molecular formula is C25H26N6O. The summed E-state index contributed by atoms with van der Waals surface area (Å²) in [6.45, 7) is 7.17. The summed E-state index contributed by atoms with van der Waals surface area (Å²) in [6.07, 6.45) is 2.45. The number of rotatable bonds is 5. The number of nitrogens with one attached hydrogen (secondary N) is 1. The molecule has 0 bridgehead atoms. The van der Waals surface area contributed by atoms with E-state index in [0.29, 0.717) is 18.1 Å². The van der Waals surface area contributed by atoms with Crippen LogP contribution in [0.1, 0.15) is 33.8 Å². The molecule has 1 N–H and O–H groups in total. The lowest BCUT2D eigenvalue weighted by Gasteiger charge is -2.27. The van der Waals surface area contributed by atoms with Gasteiger partial charge < -0.3 is 4.98 Å². The molecule has 32 heavy (non-hydrogen) atoms. The number of H-pyrrole nitrogens is 1. The van der Waals surface area contributed by atoms with Gasteiger partial charge in [0.2, 0.25) is 0 Å². The van der Waals surface area contributed by atoms with Crippen LogP contribution in [-0.2, 0) is 26.1 Å². The lowest BCUT2D eigenvalue weighted by atomic mass is 10.1. The molecule has 4 heterocycles. The molecule has 1 aliphatic rings. The highest BCUT2D eigenvalue weighted by Crippen LogP contribution is 2.22. The highest BCUT2D eigenvalue weighted by atomic mass is 16.1. The Hall–Kier alpha value is -3.58. The van der Waals surface area contributed by atoms with Crippen molar-refractivity contribution in [3.63, 3.8) is 0 Å². The van der Waals surface area contributed by atoms with Crippen LogP contribution in [0.5, 0.6) is 0 Å². The Balaban J connectivity index is 1.35. The molecule has 7 heteroatoms. The molecule has 0 saturated heterocycles. The average Bonchev–Trinajstić information content (AvgIpc) is 3.08. The molecule has 0 radical (unpaired) electrons. The van der Waals surface area contributed by atoms with E-state index in [9.17, 15) is 4.79 Å². The van der Waals surface area contributed by atoms with Crippen molar-refractivity contribution in [2.24, 2.45) is 0 Å². The number of pyridine rings is 1. The normalized spacial score (nSPS) is 13.8. The first-order valence-corrected chi connectivity index (χ1v) is 10.9. The van der Waals surface area contributed by atoms with E-state index in [-0.39, 0.29) is 5.56 Å². The predicted molar refractivity (Wildman–Crippen MR) is 123 cm³/mol. The van der Waals surface area contributed by atoms with Crippen LogP contribution in [0.15, 0.2) is 59.5 Å². The number of hydrogen-bond donors (Lipinski definition) is 1. The zero-order valence-electron chi connectivity index (χ0n) is 18.4. The van der Waals surface area contributed by atoms with Crippen molar-refractivity contribution in [3.8, 4) is 11.5 Å². The second kappa shape index (κ2) is 8.51. The summed E-state index contributed by atoms with van der Waals surface area (Å²) in [4.78, 5) is 27.1. The molecule has 5 rings (SSSR count). The second-order valence-electron chi connectivity index (χ2n) is 8.31. The van der Waals surface area contributed by atoms with Crippen LogP contribution in [0.3, 0.4) is 0 Å². The molecule has 0 amide bonds. The summed E-state index contributed by atoms with van der Waals surface area (Å²) in [5.74, 6) is 0.539. The smallest absolute Gasteiger partial charge is 0.255 e. The molecule has 0 saturated carbocycles. The molecule has 1 aliphatic heterocycles. The molecule has 3 aromatic heterocycles. The van der Waals surface area contributed by atoms with Gasteiger partial charge in [-0.2, -0.15) is 5.10 Å². The van der Waals surface area contributed by atoms with Crippen LogP contribution >= 0.6 is 0 Å².